The van der Waals surface area contributed by atoms with E-state index in [9.17, 15) is 14.0 Å². The average molecular weight is 404 g/mol. The second-order valence-electron chi connectivity index (χ2n) is 5.85. The van der Waals surface area contributed by atoms with Crippen LogP contribution >= 0.6 is 22.7 Å². The van der Waals surface area contributed by atoms with Crippen LogP contribution in [0, 0.1) is 19.7 Å². The second kappa shape index (κ2) is 7.98. The summed E-state index contributed by atoms with van der Waals surface area (Å²) in [5.74, 6) is -1.05. The number of carbonyl (C=O) groups excluding carboxylic acids is 2. The molecule has 0 saturated heterocycles. The number of halogens is 1. The summed E-state index contributed by atoms with van der Waals surface area (Å²) in [5, 5.41) is 5.78. The topological polar surface area (TPSA) is 68.3 Å². The number of nitrogens with one attached hydrogen (secondary N) is 1. The minimum absolute atomic E-state index is 0.0777. The van der Waals surface area contributed by atoms with E-state index in [1.165, 1.54) is 41.9 Å². The Morgan fingerprint density at radius 2 is 1.93 bits per heavy atom. The van der Waals surface area contributed by atoms with Gasteiger partial charge in [0.25, 0.3) is 0 Å². The van der Waals surface area contributed by atoms with Crippen molar-refractivity contribution < 1.29 is 18.7 Å². The molecule has 5 nitrogen and oxygen atoms in total. The van der Waals surface area contributed by atoms with Crippen LogP contribution in [-0.2, 0) is 16.0 Å². The first-order chi connectivity index (χ1) is 12.9. The van der Waals surface area contributed by atoms with E-state index < -0.39 is 5.97 Å². The number of thiazole rings is 1. The smallest absolute Gasteiger partial charge is 0.341 e. The van der Waals surface area contributed by atoms with Crippen molar-refractivity contribution >= 4 is 39.6 Å². The van der Waals surface area contributed by atoms with Crippen LogP contribution < -0.4 is 5.32 Å². The molecule has 0 aliphatic rings. The third-order valence-corrected chi connectivity index (χ3v) is 6.08. The number of carbonyl (C=O) groups is 2. The van der Waals surface area contributed by atoms with Crippen LogP contribution in [0.3, 0.4) is 0 Å². The highest BCUT2D eigenvalue weighted by atomic mass is 32.1. The predicted molar refractivity (Wildman–Crippen MR) is 105 cm³/mol. The number of rotatable bonds is 5. The number of hydrogen-bond acceptors (Lipinski definition) is 6. The summed E-state index contributed by atoms with van der Waals surface area (Å²) in [5.41, 5.74) is 2.60. The van der Waals surface area contributed by atoms with Gasteiger partial charge >= 0.3 is 5.97 Å². The molecular weight excluding hydrogens is 387 g/mol. The molecule has 1 amide bonds. The normalized spacial score (nSPS) is 10.7. The number of methoxy groups -OCH3 is 1. The van der Waals surface area contributed by atoms with Crippen molar-refractivity contribution in [3.05, 3.63) is 57.2 Å². The number of esters is 1. The highest BCUT2D eigenvalue weighted by molar-refractivity contribution is 7.16. The Morgan fingerprint density at radius 3 is 2.59 bits per heavy atom. The third-order valence-electron chi connectivity index (χ3n) is 4.01. The second-order valence-corrected chi connectivity index (χ2v) is 7.94. The van der Waals surface area contributed by atoms with Gasteiger partial charge in [-0.15, -0.1) is 22.7 Å². The minimum atomic E-state index is -0.473. The SMILES string of the molecule is COC(=O)c1c(NC(=O)Cc2csc(-c3ccc(F)cc3)n2)sc(C)c1C. The van der Waals surface area contributed by atoms with Crippen molar-refractivity contribution in [3.8, 4) is 10.6 Å². The number of amides is 1. The van der Waals surface area contributed by atoms with Gasteiger partial charge in [-0.25, -0.2) is 14.2 Å². The molecule has 3 aromatic rings. The molecule has 2 heterocycles. The Balaban J connectivity index is 1.73. The number of anilines is 1. The number of benzene rings is 1. The summed E-state index contributed by atoms with van der Waals surface area (Å²) < 4.78 is 17.8. The van der Waals surface area contributed by atoms with Gasteiger partial charge in [0.2, 0.25) is 5.91 Å². The number of aryl methyl sites for hydroxylation is 1. The Bertz CT molecular complexity index is 993. The standard InChI is InChI=1S/C19H17FN2O3S2/c1-10-11(2)27-18(16(10)19(24)25-3)22-15(23)8-14-9-26-17(21-14)12-4-6-13(20)7-5-12/h4-7,9H,8H2,1-3H3,(H,22,23). The maximum Gasteiger partial charge on any atom is 0.341 e. The van der Waals surface area contributed by atoms with Gasteiger partial charge in [0.1, 0.15) is 15.8 Å². The largest absolute Gasteiger partial charge is 0.465 e. The van der Waals surface area contributed by atoms with Crippen LogP contribution in [0.25, 0.3) is 10.6 Å². The molecule has 0 radical (unpaired) electrons. The van der Waals surface area contributed by atoms with Gasteiger partial charge in [0, 0.05) is 15.8 Å². The van der Waals surface area contributed by atoms with E-state index in [1.54, 1.807) is 17.5 Å². The van der Waals surface area contributed by atoms with Gasteiger partial charge in [-0.3, -0.25) is 4.79 Å². The van der Waals surface area contributed by atoms with Crippen LogP contribution in [-0.4, -0.2) is 24.0 Å². The molecule has 27 heavy (non-hydrogen) atoms. The molecule has 3 rings (SSSR count). The first kappa shape index (κ1) is 19.2. The van der Waals surface area contributed by atoms with Crippen LogP contribution in [0.15, 0.2) is 29.6 Å². The van der Waals surface area contributed by atoms with E-state index in [-0.39, 0.29) is 18.1 Å². The fourth-order valence-corrected chi connectivity index (χ4v) is 4.40. The van der Waals surface area contributed by atoms with Crippen molar-refractivity contribution in [1.82, 2.24) is 4.98 Å². The Kier molecular flexibility index (Phi) is 5.67. The first-order valence-corrected chi connectivity index (χ1v) is 9.77. The van der Waals surface area contributed by atoms with Gasteiger partial charge < -0.3 is 10.1 Å². The van der Waals surface area contributed by atoms with Crippen LogP contribution in [0.5, 0.6) is 0 Å². The molecule has 1 aromatic carbocycles. The fourth-order valence-electron chi connectivity index (χ4n) is 2.51. The average Bonchev–Trinajstić information content (AvgIpc) is 3.20. The van der Waals surface area contributed by atoms with Crippen molar-refractivity contribution in [2.45, 2.75) is 20.3 Å². The molecule has 0 saturated carbocycles. The van der Waals surface area contributed by atoms with E-state index in [0.29, 0.717) is 16.3 Å². The van der Waals surface area contributed by atoms with E-state index >= 15 is 0 Å². The molecule has 0 aliphatic carbocycles. The van der Waals surface area contributed by atoms with E-state index in [1.807, 2.05) is 13.8 Å². The zero-order valence-corrected chi connectivity index (χ0v) is 16.6. The molecular formula is C19H17FN2O3S2. The van der Waals surface area contributed by atoms with Gasteiger partial charge in [0.15, 0.2) is 0 Å². The van der Waals surface area contributed by atoms with Gasteiger partial charge in [-0.05, 0) is 43.7 Å². The predicted octanol–water partition coefficient (Wildman–Crippen LogP) is 4.60. The van der Waals surface area contributed by atoms with Crippen LogP contribution in [0.2, 0.25) is 0 Å². The molecule has 140 valence electrons. The molecule has 0 aliphatic heterocycles. The van der Waals surface area contributed by atoms with Crippen molar-refractivity contribution in [1.29, 1.82) is 0 Å². The summed E-state index contributed by atoms with van der Waals surface area (Å²) in [6.07, 6.45) is 0.0777. The molecule has 0 atom stereocenters. The highest BCUT2D eigenvalue weighted by Gasteiger charge is 2.22. The van der Waals surface area contributed by atoms with E-state index in [0.717, 1.165) is 21.0 Å². The van der Waals surface area contributed by atoms with Gasteiger partial charge in [-0.1, -0.05) is 0 Å². The lowest BCUT2D eigenvalue weighted by Crippen LogP contribution is -2.16. The molecule has 0 spiro atoms. The number of thiophene rings is 1. The zero-order chi connectivity index (χ0) is 19.6. The number of ether oxygens (including phenoxy) is 1. The lowest BCUT2D eigenvalue weighted by atomic mass is 10.1. The summed E-state index contributed by atoms with van der Waals surface area (Å²) in [7, 11) is 1.31. The lowest BCUT2D eigenvalue weighted by molar-refractivity contribution is -0.115. The first-order valence-electron chi connectivity index (χ1n) is 8.07. The molecule has 0 unspecified atom stereocenters. The Hall–Kier alpha value is -2.58. The molecule has 0 fully saturated rings. The van der Waals surface area contributed by atoms with E-state index in [2.05, 4.69) is 10.3 Å². The number of hydrogen-bond donors (Lipinski definition) is 1. The Labute approximate surface area is 163 Å². The maximum absolute atomic E-state index is 13.0. The minimum Gasteiger partial charge on any atom is -0.465 e. The zero-order valence-electron chi connectivity index (χ0n) is 15.0. The molecule has 1 N–H and O–H groups in total. The lowest BCUT2D eigenvalue weighted by Gasteiger charge is -2.05. The number of nitrogens with zero attached hydrogens (tertiary/aromatic N) is 1. The monoisotopic (exact) mass is 404 g/mol. The van der Waals surface area contributed by atoms with Crippen molar-refractivity contribution in [2.24, 2.45) is 0 Å². The molecule has 0 bridgehead atoms. The summed E-state index contributed by atoms with van der Waals surface area (Å²) in [6, 6.07) is 6.05. The quantitative estimate of drug-likeness (QED) is 0.631. The highest BCUT2D eigenvalue weighted by Crippen LogP contribution is 2.33. The molecule has 2 aromatic heterocycles. The van der Waals surface area contributed by atoms with E-state index in [4.69, 9.17) is 4.74 Å². The maximum atomic E-state index is 13.0. The van der Waals surface area contributed by atoms with Crippen molar-refractivity contribution in [2.75, 3.05) is 12.4 Å². The van der Waals surface area contributed by atoms with Crippen molar-refractivity contribution in [3.63, 3.8) is 0 Å². The van der Waals surface area contributed by atoms with Crippen LogP contribution in [0.4, 0.5) is 9.39 Å². The summed E-state index contributed by atoms with van der Waals surface area (Å²) in [6.45, 7) is 3.71. The van der Waals surface area contributed by atoms with Crippen LogP contribution in [0.1, 0.15) is 26.5 Å². The summed E-state index contributed by atoms with van der Waals surface area (Å²) in [4.78, 5) is 29.8. The summed E-state index contributed by atoms with van der Waals surface area (Å²) >= 11 is 2.73. The third kappa shape index (κ3) is 4.23. The fraction of sp³-hybridized carbons (Fsp3) is 0.211. The Morgan fingerprint density at radius 1 is 1.22 bits per heavy atom. The van der Waals surface area contributed by atoms with Gasteiger partial charge in [0.05, 0.1) is 24.8 Å². The number of aromatic nitrogens is 1. The van der Waals surface area contributed by atoms with Gasteiger partial charge in [-0.2, -0.15) is 0 Å². The molecule has 8 heteroatoms.